The molecule has 0 fully saturated rings. The Morgan fingerprint density at radius 3 is 2.62 bits per heavy atom. The number of nitrogens with one attached hydrogen (secondary N) is 1. The van der Waals surface area contributed by atoms with Gasteiger partial charge in [-0.15, -0.1) is 0 Å². The van der Waals surface area contributed by atoms with Gasteiger partial charge in [0.2, 0.25) is 5.91 Å². The molecule has 0 atom stereocenters. The van der Waals surface area contributed by atoms with Crippen molar-refractivity contribution in [3.05, 3.63) is 72.1 Å². The van der Waals surface area contributed by atoms with Gasteiger partial charge in [0.25, 0.3) is 0 Å². The first-order valence-corrected chi connectivity index (χ1v) is 8.59. The molecule has 24 heavy (non-hydrogen) atoms. The van der Waals surface area contributed by atoms with Crippen molar-refractivity contribution in [2.75, 3.05) is 6.54 Å². The maximum absolute atomic E-state index is 13.4. The van der Waals surface area contributed by atoms with Crippen LogP contribution in [0.25, 0.3) is 0 Å². The minimum atomic E-state index is -0.144. The second-order valence-electron chi connectivity index (χ2n) is 6.12. The SMILES string of the molecule is CC(C)CNC(=O)/C=C/C=C/CCC/C=C/Cc1ccccc1F. The first kappa shape index (κ1) is 19.9. The van der Waals surface area contributed by atoms with E-state index in [0.717, 1.165) is 24.8 Å². The van der Waals surface area contributed by atoms with Crippen LogP contribution in [0.5, 0.6) is 0 Å². The number of unbranched alkanes of at least 4 members (excludes halogenated alkanes) is 2. The minimum Gasteiger partial charge on any atom is -0.352 e. The van der Waals surface area contributed by atoms with Gasteiger partial charge in [-0.2, -0.15) is 0 Å². The smallest absolute Gasteiger partial charge is 0.243 e. The Labute approximate surface area is 145 Å². The van der Waals surface area contributed by atoms with Crippen LogP contribution in [0.3, 0.4) is 0 Å². The Hall–Kier alpha value is -2.16. The Morgan fingerprint density at radius 2 is 1.88 bits per heavy atom. The van der Waals surface area contributed by atoms with Gasteiger partial charge in [0.05, 0.1) is 0 Å². The summed E-state index contributed by atoms with van der Waals surface area (Å²) in [6.07, 6.45) is 15.0. The van der Waals surface area contributed by atoms with Crippen molar-refractivity contribution < 1.29 is 9.18 Å². The normalized spacial score (nSPS) is 12.0. The number of benzene rings is 1. The summed E-state index contributed by atoms with van der Waals surface area (Å²) in [4.78, 5) is 11.4. The van der Waals surface area contributed by atoms with Crippen LogP contribution in [0.2, 0.25) is 0 Å². The van der Waals surface area contributed by atoms with Gasteiger partial charge in [-0.1, -0.05) is 62.4 Å². The third-order valence-electron chi connectivity index (χ3n) is 3.38. The van der Waals surface area contributed by atoms with Crippen LogP contribution in [0.1, 0.15) is 38.7 Å². The van der Waals surface area contributed by atoms with E-state index in [0.29, 0.717) is 18.9 Å². The van der Waals surface area contributed by atoms with Gasteiger partial charge < -0.3 is 5.32 Å². The van der Waals surface area contributed by atoms with E-state index in [4.69, 9.17) is 0 Å². The summed E-state index contributed by atoms with van der Waals surface area (Å²) in [5.74, 6) is 0.267. The lowest BCUT2D eigenvalue weighted by molar-refractivity contribution is -0.116. The predicted molar refractivity (Wildman–Crippen MR) is 99.2 cm³/mol. The second-order valence-corrected chi connectivity index (χ2v) is 6.12. The van der Waals surface area contributed by atoms with Gasteiger partial charge in [0, 0.05) is 12.6 Å². The Morgan fingerprint density at radius 1 is 1.12 bits per heavy atom. The zero-order valence-corrected chi connectivity index (χ0v) is 14.7. The molecule has 0 saturated heterocycles. The first-order chi connectivity index (χ1) is 11.6. The van der Waals surface area contributed by atoms with E-state index in [1.165, 1.54) is 6.07 Å². The minimum absolute atomic E-state index is 0.0515. The van der Waals surface area contributed by atoms with Crippen LogP contribution in [0.15, 0.2) is 60.7 Å². The molecule has 0 unspecified atom stereocenters. The fourth-order valence-electron chi connectivity index (χ4n) is 2.03. The van der Waals surface area contributed by atoms with Gasteiger partial charge in [-0.25, -0.2) is 4.39 Å². The molecular weight excluding hydrogens is 301 g/mol. The molecule has 0 aliphatic rings. The van der Waals surface area contributed by atoms with Crippen molar-refractivity contribution in [1.82, 2.24) is 5.32 Å². The molecule has 3 heteroatoms. The van der Waals surface area contributed by atoms with Crippen molar-refractivity contribution in [2.45, 2.75) is 39.5 Å². The average molecular weight is 329 g/mol. The summed E-state index contributed by atoms with van der Waals surface area (Å²) in [5.41, 5.74) is 0.731. The van der Waals surface area contributed by atoms with Gasteiger partial charge in [0.15, 0.2) is 0 Å². The second kappa shape index (κ2) is 12.3. The van der Waals surface area contributed by atoms with Gasteiger partial charge in [0.1, 0.15) is 5.82 Å². The number of carbonyl (C=O) groups is 1. The van der Waals surface area contributed by atoms with Crippen LogP contribution >= 0.6 is 0 Å². The van der Waals surface area contributed by atoms with E-state index in [9.17, 15) is 9.18 Å². The molecule has 0 spiro atoms. The van der Waals surface area contributed by atoms with E-state index in [2.05, 4.69) is 31.3 Å². The molecule has 0 aliphatic carbocycles. The summed E-state index contributed by atoms with van der Waals surface area (Å²) < 4.78 is 13.4. The van der Waals surface area contributed by atoms with Crippen LogP contribution in [0.4, 0.5) is 4.39 Å². The summed E-state index contributed by atoms with van der Waals surface area (Å²) in [6, 6.07) is 6.86. The number of hydrogen-bond donors (Lipinski definition) is 1. The molecule has 1 N–H and O–H groups in total. The van der Waals surface area contributed by atoms with E-state index in [1.807, 2.05) is 24.3 Å². The quantitative estimate of drug-likeness (QED) is 0.279. The zero-order chi connectivity index (χ0) is 17.6. The van der Waals surface area contributed by atoms with Crippen LogP contribution in [-0.4, -0.2) is 12.5 Å². The lowest BCUT2D eigenvalue weighted by Gasteiger charge is -2.03. The van der Waals surface area contributed by atoms with Crippen LogP contribution in [0, 0.1) is 11.7 Å². The summed E-state index contributed by atoms with van der Waals surface area (Å²) in [5, 5.41) is 2.83. The molecule has 1 aromatic rings. The molecule has 0 radical (unpaired) electrons. The number of amides is 1. The maximum atomic E-state index is 13.4. The van der Waals surface area contributed by atoms with E-state index in [-0.39, 0.29) is 11.7 Å². The molecule has 0 aromatic heterocycles. The molecule has 0 aliphatic heterocycles. The molecule has 2 nitrogen and oxygen atoms in total. The number of carbonyl (C=O) groups excluding carboxylic acids is 1. The zero-order valence-electron chi connectivity index (χ0n) is 14.7. The molecular formula is C21H28FNO. The molecule has 0 heterocycles. The van der Waals surface area contributed by atoms with Crippen LogP contribution < -0.4 is 5.32 Å². The van der Waals surface area contributed by atoms with Crippen molar-refractivity contribution in [1.29, 1.82) is 0 Å². The number of rotatable bonds is 10. The number of allylic oxidation sites excluding steroid dienone is 5. The Bertz CT molecular complexity index is 573. The largest absolute Gasteiger partial charge is 0.352 e. The molecule has 1 rings (SSSR count). The highest BCUT2D eigenvalue weighted by Gasteiger charge is 1.97. The molecule has 0 saturated carbocycles. The third kappa shape index (κ3) is 9.78. The highest BCUT2D eigenvalue weighted by Crippen LogP contribution is 2.08. The summed E-state index contributed by atoms with van der Waals surface area (Å²) in [6.45, 7) is 4.83. The highest BCUT2D eigenvalue weighted by molar-refractivity contribution is 5.87. The van der Waals surface area contributed by atoms with Crippen molar-refractivity contribution >= 4 is 5.91 Å². The number of hydrogen-bond acceptors (Lipinski definition) is 1. The molecule has 0 bridgehead atoms. The number of halogens is 1. The van der Waals surface area contributed by atoms with E-state index < -0.39 is 0 Å². The van der Waals surface area contributed by atoms with Crippen molar-refractivity contribution in [2.24, 2.45) is 5.92 Å². The standard InChI is InChI=1S/C21H28FNO/c1-18(2)17-23-21(24)16-10-8-6-4-3-5-7-9-13-19-14-11-12-15-20(19)22/h6-12,14-16,18H,3-5,13,17H2,1-2H3,(H,23,24)/b8-6+,9-7+,16-10+. The molecule has 1 aromatic carbocycles. The fraction of sp³-hybridized carbons (Fsp3) is 0.381. The molecule has 130 valence electrons. The third-order valence-corrected chi connectivity index (χ3v) is 3.38. The van der Waals surface area contributed by atoms with E-state index >= 15 is 0 Å². The van der Waals surface area contributed by atoms with Crippen molar-refractivity contribution in [3.8, 4) is 0 Å². The predicted octanol–water partition coefficient (Wildman–Crippen LogP) is 4.98. The van der Waals surface area contributed by atoms with Crippen LogP contribution in [-0.2, 0) is 11.2 Å². The summed E-state index contributed by atoms with van der Waals surface area (Å²) in [7, 11) is 0. The average Bonchev–Trinajstić information content (AvgIpc) is 2.56. The van der Waals surface area contributed by atoms with Gasteiger partial charge in [-0.05, 0) is 43.2 Å². The monoisotopic (exact) mass is 329 g/mol. The fourth-order valence-corrected chi connectivity index (χ4v) is 2.03. The maximum Gasteiger partial charge on any atom is 0.243 e. The van der Waals surface area contributed by atoms with E-state index in [1.54, 1.807) is 18.2 Å². The van der Waals surface area contributed by atoms with Crippen molar-refractivity contribution in [3.63, 3.8) is 0 Å². The lowest BCUT2D eigenvalue weighted by Crippen LogP contribution is -2.25. The lowest BCUT2D eigenvalue weighted by atomic mass is 10.1. The highest BCUT2D eigenvalue weighted by atomic mass is 19.1. The summed E-state index contributed by atoms with van der Waals surface area (Å²) >= 11 is 0. The molecule has 1 amide bonds. The van der Waals surface area contributed by atoms with Gasteiger partial charge >= 0.3 is 0 Å². The van der Waals surface area contributed by atoms with Gasteiger partial charge in [-0.3, -0.25) is 4.79 Å². The first-order valence-electron chi connectivity index (χ1n) is 8.59. The Balaban J connectivity index is 2.10. The topological polar surface area (TPSA) is 29.1 Å². The Kier molecular flexibility index (Phi) is 10.2.